The minimum Gasteiger partial charge on any atom is -0.391 e. The van der Waals surface area contributed by atoms with Crippen LogP contribution >= 0.6 is 0 Å². The fourth-order valence-corrected chi connectivity index (χ4v) is 1.13. The Morgan fingerprint density at radius 1 is 1.38 bits per heavy atom. The minimum atomic E-state index is -0.519. The molecule has 0 fully saturated rings. The van der Waals surface area contributed by atoms with Crippen molar-refractivity contribution in [2.75, 3.05) is 0 Å². The van der Waals surface area contributed by atoms with Gasteiger partial charge in [-0.05, 0) is 18.1 Å². The van der Waals surface area contributed by atoms with E-state index < -0.39 is 6.10 Å². The molecule has 0 radical (unpaired) electrons. The molecule has 0 amide bonds. The van der Waals surface area contributed by atoms with E-state index in [1.165, 1.54) is 0 Å². The lowest BCUT2D eigenvalue weighted by Crippen LogP contribution is -2.22. The molecule has 2 heteroatoms. The second kappa shape index (κ2) is 4.21. The summed E-state index contributed by atoms with van der Waals surface area (Å²) in [5.41, 5.74) is 7.76. The molecule has 0 aliphatic carbocycles. The van der Waals surface area contributed by atoms with Gasteiger partial charge in [-0.2, -0.15) is 0 Å². The molecule has 0 heterocycles. The summed E-state index contributed by atoms with van der Waals surface area (Å²) >= 11 is 0. The summed E-state index contributed by atoms with van der Waals surface area (Å²) in [6, 6.07) is 7.39. The third-order valence-electron chi connectivity index (χ3n) is 2.08. The molecule has 1 aromatic rings. The zero-order chi connectivity index (χ0) is 9.84. The van der Waals surface area contributed by atoms with E-state index in [-0.39, 0.29) is 6.04 Å². The summed E-state index contributed by atoms with van der Waals surface area (Å²) in [6.07, 6.45) is 1.26. The molecule has 1 aromatic carbocycles. The summed E-state index contributed by atoms with van der Waals surface area (Å²) in [6.45, 7) is 5.35. The Kier molecular flexibility index (Phi) is 3.23. The lowest BCUT2D eigenvalue weighted by Gasteiger charge is -2.14. The van der Waals surface area contributed by atoms with E-state index >= 15 is 0 Å². The molecule has 0 aliphatic heterocycles. The van der Waals surface area contributed by atoms with Crippen LogP contribution in [0.1, 0.15) is 24.1 Å². The molecule has 13 heavy (non-hydrogen) atoms. The van der Waals surface area contributed by atoms with E-state index in [1.807, 2.05) is 24.3 Å². The lowest BCUT2D eigenvalue weighted by atomic mass is 10.0. The highest BCUT2D eigenvalue weighted by Crippen LogP contribution is 2.15. The molecule has 0 spiro atoms. The van der Waals surface area contributed by atoms with Gasteiger partial charge in [0.1, 0.15) is 0 Å². The zero-order valence-electron chi connectivity index (χ0n) is 7.77. The maximum atomic E-state index is 9.26. The number of benzene rings is 1. The van der Waals surface area contributed by atoms with Crippen LogP contribution in [0, 0.1) is 0 Å². The molecule has 0 unspecified atom stereocenters. The molecular weight excluding hydrogens is 162 g/mol. The number of hydrogen-bond acceptors (Lipinski definition) is 2. The highest BCUT2D eigenvalue weighted by atomic mass is 16.3. The fourth-order valence-electron chi connectivity index (χ4n) is 1.13. The Balaban J connectivity index is 2.85. The number of nitrogens with two attached hydrogens (primary N) is 1. The quantitative estimate of drug-likeness (QED) is 0.738. The largest absolute Gasteiger partial charge is 0.391 e. The van der Waals surface area contributed by atoms with Gasteiger partial charge in [-0.1, -0.05) is 36.9 Å². The Morgan fingerprint density at radius 2 is 1.92 bits per heavy atom. The molecule has 0 bridgehead atoms. The molecule has 2 atom stereocenters. The molecular formula is C11H15NO. The van der Waals surface area contributed by atoms with Gasteiger partial charge in [0.05, 0.1) is 12.1 Å². The Morgan fingerprint density at radius 3 is 2.31 bits per heavy atom. The van der Waals surface area contributed by atoms with Crippen molar-refractivity contribution >= 4 is 6.08 Å². The number of hydrogen-bond donors (Lipinski definition) is 2. The van der Waals surface area contributed by atoms with Crippen LogP contribution in [0.2, 0.25) is 0 Å². The summed E-state index contributed by atoms with van der Waals surface area (Å²) in [5.74, 6) is 0. The average molecular weight is 177 g/mol. The van der Waals surface area contributed by atoms with Crippen LogP contribution in [-0.2, 0) is 0 Å². The number of aliphatic hydroxyl groups is 1. The van der Waals surface area contributed by atoms with Crippen molar-refractivity contribution in [1.82, 2.24) is 0 Å². The van der Waals surface area contributed by atoms with Crippen LogP contribution in [0.5, 0.6) is 0 Å². The zero-order valence-corrected chi connectivity index (χ0v) is 7.77. The van der Waals surface area contributed by atoms with Gasteiger partial charge < -0.3 is 10.8 Å². The predicted octanol–water partition coefficient (Wildman–Crippen LogP) is 1.71. The van der Waals surface area contributed by atoms with Gasteiger partial charge in [0.25, 0.3) is 0 Å². The topological polar surface area (TPSA) is 46.2 Å². The van der Waals surface area contributed by atoms with Crippen molar-refractivity contribution in [2.24, 2.45) is 5.73 Å². The smallest absolute Gasteiger partial charge is 0.0704 e. The second-order valence-corrected chi connectivity index (χ2v) is 3.14. The summed E-state index contributed by atoms with van der Waals surface area (Å²) in [5, 5.41) is 9.26. The van der Waals surface area contributed by atoms with Gasteiger partial charge in [0.2, 0.25) is 0 Å². The minimum absolute atomic E-state index is 0.307. The van der Waals surface area contributed by atoms with E-state index in [0.717, 1.165) is 11.1 Å². The monoisotopic (exact) mass is 177 g/mol. The number of aliphatic hydroxyl groups excluding tert-OH is 1. The van der Waals surface area contributed by atoms with Crippen molar-refractivity contribution in [1.29, 1.82) is 0 Å². The van der Waals surface area contributed by atoms with Gasteiger partial charge in [-0.25, -0.2) is 0 Å². The first-order chi connectivity index (χ1) is 6.15. The Labute approximate surface area is 78.7 Å². The molecule has 70 valence electrons. The Bertz CT molecular complexity index is 277. The van der Waals surface area contributed by atoms with E-state index in [2.05, 4.69) is 6.58 Å². The van der Waals surface area contributed by atoms with E-state index in [9.17, 15) is 5.11 Å². The summed E-state index contributed by atoms with van der Waals surface area (Å²) < 4.78 is 0. The highest BCUT2D eigenvalue weighted by Gasteiger charge is 2.10. The van der Waals surface area contributed by atoms with Gasteiger partial charge in [0.15, 0.2) is 0 Å². The second-order valence-electron chi connectivity index (χ2n) is 3.14. The molecule has 1 rings (SSSR count). The SMILES string of the molecule is C=Cc1ccc([C@H](N)[C@@H](C)O)cc1. The van der Waals surface area contributed by atoms with Crippen LogP contribution in [0.3, 0.4) is 0 Å². The van der Waals surface area contributed by atoms with Crippen molar-refractivity contribution in [2.45, 2.75) is 19.1 Å². The summed E-state index contributed by atoms with van der Waals surface area (Å²) in [7, 11) is 0. The third-order valence-corrected chi connectivity index (χ3v) is 2.08. The maximum absolute atomic E-state index is 9.26. The first-order valence-corrected chi connectivity index (χ1v) is 4.31. The van der Waals surface area contributed by atoms with Crippen molar-refractivity contribution in [3.05, 3.63) is 42.0 Å². The van der Waals surface area contributed by atoms with Crippen LogP contribution in [0.25, 0.3) is 6.08 Å². The molecule has 0 aromatic heterocycles. The van der Waals surface area contributed by atoms with Crippen LogP contribution in [-0.4, -0.2) is 11.2 Å². The molecule has 0 saturated heterocycles. The fraction of sp³-hybridized carbons (Fsp3) is 0.273. The molecule has 0 aliphatic rings. The van der Waals surface area contributed by atoms with E-state index in [0.29, 0.717) is 0 Å². The Hall–Kier alpha value is -1.12. The van der Waals surface area contributed by atoms with Gasteiger partial charge >= 0.3 is 0 Å². The maximum Gasteiger partial charge on any atom is 0.0704 e. The van der Waals surface area contributed by atoms with E-state index in [1.54, 1.807) is 13.0 Å². The van der Waals surface area contributed by atoms with Crippen LogP contribution < -0.4 is 5.73 Å². The first-order valence-electron chi connectivity index (χ1n) is 4.31. The van der Waals surface area contributed by atoms with Gasteiger partial charge in [-0.3, -0.25) is 0 Å². The number of rotatable bonds is 3. The summed E-state index contributed by atoms with van der Waals surface area (Å²) in [4.78, 5) is 0. The van der Waals surface area contributed by atoms with Gasteiger partial charge in [-0.15, -0.1) is 0 Å². The van der Waals surface area contributed by atoms with Crippen LogP contribution in [0.4, 0.5) is 0 Å². The van der Waals surface area contributed by atoms with Crippen molar-refractivity contribution < 1.29 is 5.11 Å². The van der Waals surface area contributed by atoms with Crippen molar-refractivity contribution in [3.63, 3.8) is 0 Å². The standard InChI is InChI=1S/C11H15NO/c1-3-9-4-6-10(7-5-9)11(12)8(2)13/h3-8,11,13H,1,12H2,2H3/t8-,11-/m1/s1. The molecule has 3 N–H and O–H groups in total. The van der Waals surface area contributed by atoms with E-state index in [4.69, 9.17) is 5.73 Å². The first kappa shape index (κ1) is 9.96. The predicted molar refractivity (Wildman–Crippen MR) is 55.1 cm³/mol. The molecule has 2 nitrogen and oxygen atoms in total. The normalized spacial score (nSPS) is 15.0. The molecule has 0 saturated carbocycles. The lowest BCUT2D eigenvalue weighted by molar-refractivity contribution is 0.164. The third kappa shape index (κ3) is 2.41. The van der Waals surface area contributed by atoms with Crippen LogP contribution in [0.15, 0.2) is 30.8 Å². The van der Waals surface area contributed by atoms with Gasteiger partial charge in [0, 0.05) is 0 Å². The average Bonchev–Trinajstić information content (AvgIpc) is 2.17. The van der Waals surface area contributed by atoms with Crippen molar-refractivity contribution in [3.8, 4) is 0 Å². The highest BCUT2D eigenvalue weighted by molar-refractivity contribution is 5.47.